The van der Waals surface area contributed by atoms with Gasteiger partial charge in [0.05, 0.1) is 23.3 Å². The molecule has 1 atom stereocenters. The number of hydrogen-bond donors (Lipinski definition) is 1. The highest BCUT2D eigenvalue weighted by molar-refractivity contribution is 7.82. The van der Waals surface area contributed by atoms with Crippen molar-refractivity contribution in [1.82, 2.24) is 0 Å². The lowest BCUT2D eigenvalue weighted by molar-refractivity contribution is 0.139. The van der Waals surface area contributed by atoms with E-state index in [0.29, 0.717) is 12.4 Å². The molecular weight excluding hydrogens is 150 g/mol. The van der Waals surface area contributed by atoms with Crippen molar-refractivity contribution in [3.63, 3.8) is 0 Å². The third-order valence-electron chi connectivity index (χ3n) is 1.48. The lowest BCUT2D eigenvalue weighted by Gasteiger charge is -1.99. The van der Waals surface area contributed by atoms with Crippen LogP contribution in [0.1, 0.15) is 12.8 Å². The molecule has 60 valence electrons. The molecule has 0 aliphatic heterocycles. The molecule has 2 N–H and O–H groups in total. The summed E-state index contributed by atoms with van der Waals surface area (Å²) in [4.78, 5) is 0. The Labute approximate surface area is 63.5 Å². The van der Waals surface area contributed by atoms with Crippen LogP contribution in [0.25, 0.3) is 0 Å². The molecule has 1 fully saturated rings. The van der Waals surface area contributed by atoms with E-state index in [1.54, 1.807) is 0 Å². The Bertz CT molecular complexity index is 125. The lowest BCUT2D eigenvalue weighted by Crippen LogP contribution is -2.13. The number of hydrogen-bond acceptors (Lipinski definition) is 2. The van der Waals surface area contributed by atoms with Crippen molar-refractivity contribution in [2.75, 3.05) is 19.0 Å². The first kappa shape index (κ1) is 8.17. The topological polar surface area (TPSA) is 52.3 Å². The Morgan fingerprint density at radius 1 is 1.60 bits per heavy atom. The first-order chi connectivity index (χ1) is 4.79. The maximum Gasteiger partial charge on any atom is 0.0911 e. The van der Waals surface area contributed by atoms with E-state index in [2.05, 4.69) is 0 Å². The van der Waals surface area contributed by atoms with Crippen LogP contribution in [0.4, 0.5) is 0 Å². The largest absolute Gasteiger partial charge is 0.380 e. The summed E-state index contributed by atoms with van der Waals surface area (Å²) in [5.41, 5.74) is 0. The molecule has 10 heavy (non-hydrogen) atoms. The normalized spacial score (nSPS) is 20.9. The van der Waals surface area contributed by atoms with E-state index in [4.69, 9.17) is 9.88 Å². The van der Waals surface area contributed by atoms with Crippen LogP contribution in [0, 0.1) is 5.92 Å². The zero-order valence-electron chi connectivity index (χ0n) is 5.91. The van der Waals surface area contributed by atoms with Gasteiger partial charge < -0.3 is 4.74 Å². The van der Waals surface area contributed by atoms with Crippen molar-refractivity contribution in [3.8, 4) is 0 Å². The van der Waals surface area contributed by atoms with E-state index in [0.717, 1.165) is 12.5 Å². The van der Waals surface area contributed by atoms with E-state index < -0.39 is 11.0 Å². The summed E-state index contributed by atoms with van der Waals surface area (Å²) < 4.78 is 15.5. The summed E-state index contributed by atoms with van der Waals surface area (Å²) in [6.07, 6.45) is 2.59. The van der Waals surface area contributed by atoms with Crippen LogP contribution in [0.15, 0.2) is 0 Å². The molecule has 0 aromatic rings. The van der Waals surface area contributed by atoms with Crippen molar-refractivity contribution >= 4 is 11.0 Å². The SMILES string of the molecule is NS(=O)CCOCC1CC1. The minimum atomic E-state index is -1.18. The lowest BCUT2D eigenvalue weighted by atomic mass is 10.5. The molecule has 0 amide bonds. The molecule has 1 unspecified atom stereocenters. The minimum Gasteiger partial charge on any atom is -0.380 e. The second kappa shape index (κ2) is 4.05. The van der Waals surface area contributed by atoms with Crippen molar-refractivity contribution < 1.29 is 8.95 Å². The predicted molar refractivity (Wildman–Crippen MR) is 40.7 cm³/mol. The second-order valence-electron chi connectivity index (χ2n) is 2.60. The van der Waals surface area contributed by atoms with Crippen LogP contribution >= 0.6 is 0 Å². The Hall–Kier alpha value is 0.0700. The fourth-order valence-corrected chi connectivity index (χ4v) is 0.958. The van der Waals surface area contributed by atoms with Crippen LogP contribution in [-0.2, 0) is 15.7 Å². The zero-order chi connectivity index (χ0) is 7.40. The van der Waals surface area contributed by atoms with Crippen molar-refractivity contribution in [1.29, 1.82) is 0 Å². The average molecular weight is 163 g/mol. The van der Waals surface area contributed by atoms with Crippen LogP contribution in [-0.4, -0.2) is 23.2 Å². The number of rotatable bonds is 5. The van der Waals surface area contributed by atoms with Gasteiger partial charge in [0, 0.05) is 6.61 Å². The van der Waals surface area contributed by atoms with Gasteiger partial charge in [0.2, 0.25) is 0 Å². The molecule has 4 heteroatoms. The standard InChI is InChI=1S/C6H13NO2S/c7-10(8)4-3-9-5-6-1-2-6/h6H,1-5,7H2. The maximum atomic E-state index is 10.3. The van der Waals surface area contributed by atoms with Gasteiger partial charge in [-0.25, -0.2) is 4.21 Å². The zero-order valence-corrected chi connectivity index (χ0v) is 6.73. The van der Waals surface area contributed by atoms with Crippen LogP contribution < -0.4 is 5.14 Å². The fraction of sp³-hybridized carbons (Fsp3) is 1.00. The highest BCUT2D eigenvalue weighted by Gasteiger charge is 2.20. The van der Waals surface area contributed by atoms with Gasteiger partial charge in [-0.1, -0.05) is 0 Å². The molecule has 0 bridgehead atoms. The third-order valence-corrected chi connectivity index (χ3v) is 2.05. The Morgan fingerprint density at radius 3 is 2.80 bits per heavy atom. The van der Waals surface area contributed by atoms with E-state index in [1.807, 2.05) is 0 Å². The summed E-state index contributed by atoms with van der Waals surface area (Å²) in [6, 6.07) is 0. The average Bonchev–Trinajstić information content (AvgIpc) is 2.62. The maximum absolute atomic E-state index is 10.3. The van der Waals surface area contributed by atoms with E-state index >= 15 is 0 Å². The molecule has 0 aromatic heterocycles. The van der Waals surface area contributed by atoms with Gasteiger partial charge in [-0.15, -0.1) is 0 Å². The van der Waals surface area contributed by atoms with Crippen LogP contribution in [0.5, 0.6) is 0 Å². The van der Waals surface area contributed by atoms with Gasteiger partial charge in [0.1, 0.15) is 0 Å². The third kappa shape index (κ3) is 3.98. The Kier molecular flexibility index (Phi) is 3.31. The molecule has 1 rings (SSSR count). The van der Waals surface area contributed by atoms with Crippen LogP contribution in [0.2, 0.25) is 0 Å². The van der Waals surface area contributed by atoms with Crippen molar-refractivity contribution in [2.24, 2.45) is 11.1 Å². The quantitative estimate of drug-likeness (QED) is 0.582. The molecule has 0 saturated heterocycles. The molecule has 0 spiro atoms. The van der Waals surface area contributed by atoms with Gasteiger partial charge in [-0.3, -0.25) is 5.14 Å². The minimum absolute atomic E-state index is 0.465. The summed E-state index contributed by atoms with van der Waals surface area (Å²) in [7, 11) is -1.18. The Balaban J connectivity index is 1.80. The molecule has 1 saturated carbocycles. The summed E-state index contributed by atoms with van der Waals surface area (Å²) in [6.45, 7) is 1.37. The van der Waals surface area contributed by atoms with E-state index in [1.165, 1.54) is 12.8 Å². The first-order valence-corrected chi connectivity index (χ1v) is 4.88. The van der Waals surface area contributed by atoms with E-state index in [9.17, 15) is 4.21 Å². The summed E-state index contributed by atoms with van der Waals surface area (Å²) in [5, 5.41) is 5.02. The Morgan fingerprint density at radius 2 is 2.30 bits per heavy atom. The summed E-state index contributed by atoms with van der Waals surface area (Å²) in [5.74, 6) is 1.25. The number of nitrogens with two attached hydrogens (primary N) is 1. The molecule has 0 radical (unpaired) electrons. The molecule has 0 heterocycles. The van der Waals surface area contributed by atoms with Gasteiger partial charge in [-0.05, 0) is 18.8 Å². The monoisotopic (exact) mass is 163 g/mol. The van der Waals surface area contributed by atoms with Crippen LogP contribution in [0.3, 0.4) is 0 Å². The number of ether oxygens (including phenoxy) is 1. The van der Waals surface area contributed by atoms with Crippen molar-refractivity contribution in [3.05, 3.63) is 0 Å². The first-order valence-electron chi connectivity index (χ1n) is 3.49. The molecule has 1 aliphatic rings. The molecule has 3 nitrogen and oxygen atoms in total. The van der Waals surface area contributed by atoms with E-state index in [-0.39, 0.29) is 0 Å². The predicted octanol–water partition coefficient (Wildman–Crippen LogP) is 0.0354. The van der Waals surface area contributed by atoms with Crippen molar-refractivity contribution in [2.45, 2.75) is 12.8 Å². The van der Waals surface area contributed by atoms with Gasteiger partial charge in [-0.2, -0.15) is 0 Å². The smallest absolute Gasteiger partial charge is 0.0911 e. The molecule has 1 aliphatic carbocycles. The summed E-state index contributed by atoms with van der Waals surface area (Å²) >= 11 is 0. The fourth-order valence-electron chi connectivity index (χ4n) is 0.676. The van der Waals surface area contributed by atoms with Gasteiger partial charge in [0.15, 0.2) is 0 Å². The molecule has 0 aromatic carbocycles. The highest BCUT2D eigenvalue weighted by Crippen LogP contribution is 2.28. The second-order valence-corrected chi connectivity index (χ2v) is 3.77. The van der Waals surface area contributed by atoms with Gasteiger partial charge >= 0.3 is 0 Å². The molecular formula is C6H13NO2S. The van der Waals surface area contributed by atoms with Gasteiger partial charge in [0.25, 0.3) is 0 Å². The highest BCUT2D eigenvalue weighted by atomic mass is 32.2.